The molecule has 1 aliphatic rings. The number of rotatable bonds is 4. The summed E-state index contributed by atoms with van der Waals surface area (Å²) in [7, 11) is 1.59. The van der Waals surface area contributed by atoms with Crippen molar-refractivity contribution >= 4 is 21.9 Å². The van der Waals surface area contributed by atoms with E-state index >= 15 is 0 Å². The second-order valence-electron chi connectivity index (χ2n) is 5.52. The van der Waals surface area contributed by atoms with Crippen LogP contribution in [0.3, 0.4) is 0 Å². The van der Waals surface area contributed by atoms with Crippen LogP contribution in [0.15, 0.2) is 22.7 Å². The van der Waals surface area contributed by atoms with Crippen LogP contribution in [0.1, 0.15) is 31.9 Å². The number of hydrogen-bond donors (Lipinski definition) is 1. The number of ether oxygens (including phenoxy) is 2. The molecule has 5 nitrogen and oxygen atoms in total. The zero-order valence-electron chi connectivity index (χ0n) is 12.9. The smallest absolute Gasteiger partial charge is 0.323 e. The SMILES string of the molecule is CCOC(=O)[C@@H]1C[C@](C)(C#N)C(c2cc(Br)ccc2OC)N1. The first-order valence-corrected chi connectivity index (χ1v) is 7.92. The molecule has 1 N–H and O–H groups in total. The van der Waals surface area contributed by atoms with Gasteiger partial charge in [0.1, 0.15) is 11.8 Å². The topological polar surface area (TPSA) is 71.4 Å². The van der Waals surface area contributed by atoms with E-state index in [1.54, 1.807) is 14.0 Å². The van der Waals surface area contributed by atoms with Crippen LogP contribution in [0.4, 0.5) is 0 Å². The molecule has 0 bridgehead atoms. The number of nitrogens with zero attached hydrogens (tertiary/aromatic N) is 1. The number of methoxy groups -OCH3 is 1. The summed E-state index contributed by atoms with van der Waals surface area (Å²) >= 11 is 3.44. The molecule has 6 heteroatoms. The average Bonchev–Trinajstić information content (AvgIpc) is 2.86. The van der Waals surface area contributed by atoms with Gasteiger partial charge in [0.25, 0.3) is 0 Å². The molecule has 118 valence electrons. The first-order chi connectivity index (χ1) is 10.4. The number of hydrogen-bond acceptors (Lipinski definition) is 5. The maximum atomic E-state index is 12.0. The molecule has 1 aromatic rings. The van der Waals surface area contributed by atoms with Gasteiger partial charge in [-0.2, -0.15) is 5.26 Å². The molecule has 1 aromatic carbocycles. The van der Waals surface area contributed by atoms with Gasteiger partial charge in [-0.3, -0.25) is 10.1 Å². The monoisotopic (exact) mass is 366 g/mol. The largest absolute Gasteiger partial charge is 0.496 e. The van der Waals surface area contributed by atoms with Crippen molar-refractivity contribution in [1.82, 2.24) is 5.32 Å². The van der Waals surface area contributed by atoms with Gasteiger partial charge < -0.3 is 9.47 Å². The lowest BCUT2D eigenvalue weighted by atomic mass is 9.79. The van der Waals surface area contributed by atoms with Gasteiger partial charge in [0, 0.05) is 10.0 Å². The van der Waals surface area contributed by atoms with Crippen LogP contribution in [-0.4, -0.2) is 25.7 Å². The summed E-state index contributed by atoms with van der Waals surface area (Å²) in [4.78, 5) is 12.0. The summed E-state index contributed by atoms with van der Waals surface area (Å²) in [5.41, 5.74) is 0.138. The van der Waals surface area contributed by atoms with Gasteiger partial charge in [0.15, 0.2) is 0 Å². The standard InChI is InChI=1S/C16H19BrN2O3/c1-4-22-15(20)12-8-16(2,9-18)14(19-12)11-7-10(17)5-6-13(11)21-3/h5-7,12,14,19H,4,8H2,1-3H3/t12-,14?,16+/m0/s1. The molecule has 3 atom stereocenters. The van der Waals surface area contributed by atoms with Crippen molar-refractivity contribution in [2.24, 2.45) is 5.41 Å². The Hall–Kier alpha value is -1.58. The van der Waals surface area contributed by atoms with E-state index < -0.39 is 11.5 Å². The predicted molar refractivity (Wildman–Crippen MR) is 85.3 cm³/mol. The minimum atomic E-state index is -0.717. The summed E-state index contributed by atoms with van der Waals surface area (Å²) in [5.74, 6) is 0.368. The van der Waals surface area contributed by atoms with Crippen LogP contribution in [-0.2, 0) is 9.53 Å². The highest BCUT2D eigenvalue weighted by Gasteiger charge is 2.48. The second-order valence-corrected chi connectivity index (χ2v) is 6.44. The number of nitriles is 1. The number of esters is 1. The van der Waals surface area contributed by atoms with Crippen LogP contribution in [0.25, 0.3) is 0 Å². The summed E-state index contributed by atoms with van der Waals surface area (Å²) in [6.45, 7) is 3.94. The summed E-state index contributed by atoms with van der Waals surface area (Å²) in [5, 5.41) is 12.9. The molecule has 0 spiro atoms. The fourth-order valence-electron chi connectivity index (χ4n) is 2.85. The van der Waals surface area contributed by atoms with Gasteiger partial charge in [0.05, 0.1) is 31.2 Å². The minimum absolute atomic E-state index is 0.306. The molecule has 0 aliphatic carbocycles. The predicted octanol–water partition coefficient (Wildman–Crippen LogP) is 2.95. The molecule has 0 aromatic heterocycles. The van der Waals surface area contributed by atoms with E-state index in [1.807, 2.05) is 25.1 Å². The maximum Gasteiger partial charge on any atom is 0.323 e. The zero-order chi connectivity index (χ0) is 16.3. The molecule has 22 heavy (non-hydrogen) atoms. The first kappa shape index (κ1) is 16.8. The van der Waals surface area contributed by atoms with E-state index in [9.17, 15) is 10.1 Å². The zero-order valence-corrected chi connectivity index (χ0v) is 14.4. The lowest BCUT2D eigenvalue weighted by Gasteiger charge is -2.25. The Morgan fingerprint density at radius 1 is 1.59 bits per heavy atom. The second kappa shape index (κ2) is 6.67. The Balaban J connectivity index is 2.39. The number of carbonyl (C=O) groups excluding carboxylic acids is 1. The van der Waals surface area contributed by atoms with E-state index in [0.29, 0.717) is 18.8 Å². The highest BCUT2D eigenvalue weighted by molar-refractivity contribution is 9.10. The minimum Gasteiger partial charge on any atom is -0.496 e. The van der Waals surface area contributed by atoms with Gasteiger partial charge in [-0.1, -0.05) is 15.9 Å². The molecule has 0 radical (unpaired) electrons. The molecule has 1 fully saturated rings. The third-order valence-electron chi connectivity index (χ3n) is 3.96. The fourth-order valence-corrected chi connectivity index (χ4v) is 3.23. The Morgan fingerprint density at radius 2 is 2.32 bits per heavy atom. The molecule has 0 saturated carbocycles. The van der Waals surface area contributed by atoms with Crippen LogP contribution < -0.4 is 10.1 Å². The molecular weight excluding hydrogens is 348 g/mol. The molecule has 1 aliphatic heterocycles. The Morgan fingerprint density at radius 3 is 2.91 bits per heavy atom. The number of nitrogens with one attached hydrogen (secondary N) is 1. The molecular formula is C16H19BrN2O3. The lowest BCUT2D eigenvalue weighted by molar-refractivity contribution is -0.145. The Labute approximate surface area is 138 Å². The number of benzene rings is 1. The number of carbonyl (C=O) groups is 1. The van der Waals surface area contributed by atoms with Crippen molar-refractivity contribution in [3.63, 3.8) is 0 Å². The van der Waals surface area contributed by atoms with E-state index in [1.165, 1.54) is 0 Å². The Bertz CT molecular complexity index is 614. The normalized spacial score (nSPS) is 27.2. The van der Waals surface area contributed by atoms with Gasteiger partial charge in [0.2, 0.25) is 0 Å². The highest BCUT2D eigenvalue weighted by Crippen LogP contribution is 2.46. The van der Waals surface area contributed by atoms with Crippen molar-refractivity contribution in [3.8, 4) is 11.8 Å². The van der Waals surface area contributed by atoms with Crippen molar-refractivity contribution in [1.29, 1.82) is 5.26 Å². The van der Waals surface area contributed by atoms with Crippen molar-refractivity contribution in [3.05, 3.63) is 28.2 Å². The van der Waals surface area contributed by atoms with Crippen LogP contribution >= 0.6 is 15.9 Å². The molecule has 1 saturated heterocycles. The van der Waals surface area contributed by atoms with Crippen molar-refractivity contribution < 1.29 is 14.3 Å². The van der Waals surface area contributed by atoms with Crippen molar-refractivity contribution in [2.75, 3.05) is 13.7 Å². The molecule has 1 unspecified atom stereocenters. The average molecular weight is 367 g/mol. The van der Waals surface area contributed by atoms with E-state index in [-0.39, 0.29) is 12.0 Å². The van der Waals surface area contributed by atoms with E-state index in [4.69, 9.17) is 9.47 Å². The third-order valence-corrected chi connectivity index (χ3v) is 4.46. The van der Waals surface area contributed by atoms with Crippen LogP contribution in [0.5, 0.6) is 5.75 Å². The van der Waals surface area contributed by atoms with Crippen LogP contribution in [0.2, 0.25) is 0 Å². The van der Waals surface area contributed by atoms with E-state index in [2.05, 4.69) is 27.3 Å². The molecule has 1 heterocycles. The highest BCUT2D eigenvalue weighted by atomic mass is 79.9. The van der Waals surface area contributed by atoms with Gasteiger partial charge in [-0.05, 0) is 38.5 Å². The van der Waals surface area contributed by atoms with Gasteiger partial charge in [-0.25, -0.2) is 0 Å². The first-order valence-electron chi connectivity index (χ1n) is 7.12. The summed E-state index contributed by atoms with van der Waals surface area (Å²) in [6.07, 6.45) is 0.405. The lowest BCUT2D eigenvalue weighted by Crippen LogP contribution is -2.34. The summed E-state index contributed by atoms with van der Waals surface area (Å²) in [6, 6.07) is 7.19. The Kier molecular flexibility index (Phi) is 5.09. The van der Waals surface area contributed by atoms with Gasteiger partial charge >= 0.3 is 5.97 Å². The van der Waals surface area contributed by atoms with Gasteiger partial charge in [-0.15, -0.1) is 0 Å². The van der Waals surface area contributed by atoms with Crippen LogP contribution in [0, 0.1) is 16.7 Å². The fraction of sp³-hybridized carbons (Fsp3) is 0.500. The number of halogens is 1. The van der Waals surface area contributed by atoms with E-state index in [0.717, 1.165) is 10.0 Å². The summed E-state index contributed by atoms with van der Waals surface area (Å²) < 4.78 is 11.4. The molecule has 0 amide bonds. The van der Waals surface area contributed by atoms with Crippen molar-refractivity contribution in [2.45, 2.75) is 32.4 Å². The molecule has 2 rings (SSSR count). The maximum absolute atomic E-state index is 12.0. The quantitative estimate of drug-likeness (QED) is 0.829. The third kappa shape index (κ3) is 3.11.